The van der Waals surface area contributed by atoms with Crippen molar-refractivity contribution < 1.29 is 93.9 Å². The van der Waals surface area contributed by atoms with Crippen molar-refractivity contribution in [3.63, 3.8) is 0 Å². The Morgan fingerprint density at radius 2 is 0.900 bits per heavy atom. The van der Waals surface area contributed by atoms with Gasteiger partial charge in [-0.3, -0.25) is 33.3 Å². The van der Waals surface area contributed by atoms with Crippen LogP contribution in [0.3, 0.4) is 0 Å². The number of hydrogen-bond donors (Lipinski definition) is 18. The lowest BCUT2D eigenvalue weighted by atomic mass is 9.85. The summed E-state index contributed by atoms with van der Waals surface area (Å²) in [5.74, 6) is -8.43. The molecule has 2 unspecified atom stereocenters. The van der Waals surface area contributed by atoms with Gasteiger partial charge in [-0.1, -0.05) is 103 Å². The van der Waals surface area contributed by atoms with Crippen LogP contribution in [0.1, 0.15) is 162 Å². The fourth-order valence-electron chi connectivity index (χ4n) is 5.67. The van der Waals surface area contributed by atoms with Crippen LogP contribution in [-0.2, 0) is 38.1 Å². The minimum Gasteiger partial charge on any atom is -0.481 e. The van der Waals surface area contributed by atoms with Gasteiger partial charge in [-0.05, 0) is 58.4 Å². The summed E-state index contributed by atoms with van der Waals surface area (Å²) >= 11 is 0. The SMILES string of the molecule is CCCCCCCCCCCCCCCCC(CC[C@](N)(C(=O)O)P(=O)(O)O)C(N)C(=O)CCC(=O)O.C[C@@H](O)[C@H](N)C(=O)O.C[C@@H](O)[C@H](N)C(=O)O.NCCCC[C@H](N)C(=O)O.N[C@@H](CO)C(=O)O. The molecule has 0 saturated heterocycles. The zero-order valence-corrected chi connectivity index (χ0v) is 42.2. The Labute approximate surface area is 411 Å². The number of aliphatic hydroxyl groups excluding tert-OH is 3. The van der Waals surface area contributed by atoms with Crippen molar-refractivity contribution in [2.24, 2.45) is 46.1 Å². The minimum atomic E-state index is -5.17. The monoisotopic (exact) mass is 1040 g/mol. The number of aliphatic hydroxyl groups is 3. The molecule has 0 bridgehead atoms. The van der Waals surface area contributed by atoms with E-state index in [1.807, 2.05) is 0 Å². The van der Waals surface area contributed by atoms with Crippen molar-refractivity contribution in [3.8, 4) is 0 Å². The number of nitrogens with two attached hydrogens (primary N) is 7. The number of carboxylic acids is 6. The second kappa shape index (κ2) is 45.1. The Bertz CT molecular complexity index is 1450. The van der Waals surface area contributed by atoms with Crippen molar-refractivity contribution in [1.82, 2.24) is 0 Å². The van der Waals surface area contributed by atoms with Crippen LogP contribution in [-0.4, -0.2) is 158 Å². The summed E-state index contributed by atoms with van der Waals surface area (Å²) in [5.41, 5.74) is 36.7. The molecule has 9 atom stereocenters. The molecular formula is C43H90N7O19P. The van der Waals surface area contributed by atoms with Crippen LogP contribution in [0.5, 0.6) is 0 Å². The third-order valence-corrected chi connectivity index (χ3v) is 12.0. The second-order valence-corrected chi connectivity index (χ2v) is 18.8. The van der Waals surface area contributed by atoms with Crippen LogP contribution in [0.25, 0.3) is 0 Å². The van der Waals surface area contributed by atoms with Gasteiger partial charge in [0.05, 0.1) is 31.3 Å². The number of rotatable bonds is 36. The summed E-state index contributed by atoms with van der Waals surface area (Å²) in [7, 11) is -5.17. The zero-order valence-electron chi connectivity index (χ0n) is 41.3. The molecule has 0 aliphatic heterocycles. The Morgan fingerprint density at radius 1 is 0.529 bits per heavy atom. The maximum atomic E-state index is 12.4. The highest BCUT2D eigenvalue weighted by Crippen LogP contribution is 2.50. The molecule has 0 rings (SSSR count). The van der Waals surface area contributed by atoms with E-state index < -0.39 is 116 Å². The molecule has 0 fully saturated rings. The number of aliphatic carboxylic acids is 6. The zero-order chi connectivity index (χ0) is 55.6. The fourth-order valence-corrected chi connectivity index (χ4v) is 6.34. The summed E-state index contributed by atoms with van der Waals surface area (Å²) in [6.07, 6.45) is 16.0. The van der Waals surface area contributed by atoms with E-state index in [9.17, 15) is 53.0 Å². The predicted molar refractivity (Wildman–Crippen MR) is 260 cm³/mol. The molecule has 0 aliphatic rings. The van der Waals surface area contributed by atoms with E-state index in [2.05, 4.69) is 6.92 Å². The molecule has 0 spiro atoms. The van der Waals surface area contributed by atoms with Gasteiger partial charge in [0.25, 0.3) is 0 Å². The van der Waals surface area contributed by atoms with Gasteiger partial charge in [-0.15, -0.1) is 0 Å². The number of ketones is 1. The van der Waals surface area contributed by atoms with Crippen LogP contribution < -0.4 is 40.1 Å². The summed E-state index contributed by atoms with van der Waals surface area (Å²) in [5, 5.41) is 72.7. The number of carbonyl (C=O) groups is 7. The molecule has 0 aromatic carbocycles. The average Bonchev–Trinajstić information content (AvgIpc) is 3.28. The van der Waals surface area contributed by atoms with Crippen molar-refractivity contribution in [2.45, 2.75) is 210 Å². The maximum Gasteiger partial charge on any atom is 0.356 e. The molecule has 0 radical (unpaired) electrons. The second-order valence-electron chi connectivity index (χ2n) is 16.9. The fraction of sp³-hybridized carbons (Fsp3) is 0.837. The van der Waals surface area contributed by atoms with Gasteiger partial charge >= 0.3 is 43.4 Å². The first-order valence-corrected chi connectivity index (χ1v) is 25.1. The van der Waals surface area contributed by atoms with Crippen molar-refractivity contribution in [3.05, 3.63) is 0 Å². The lowest BCUT2D eigenvalue weighted by Crippen LogP contribution is -2.48. The Kier molecular flexibility index (Phi) is 48.5. The van der Waals surface area contributed by atoms with Gasteiger partial charge in [-0.25, -0.2) is 4.79 Å². The number of carboxylic acid groups (broad SMARTS) is 6. The van der Waals surface area contributed by atoms with Crippen LogP contribution in [0.15, 0.2) is 0 Å². The van der Waals surface area contributed by atoms with Crippen LogP contribution >= 0.6 is 7.60 Å². The number of carbonyl (C=O) groups excluding carboxylic acids is 1. The molecule has 0 saturated carbocycles. The van der Waals surface area contributed by atoms with Gasteiger partial charge in [0.2, 0.25) is 5.28 Å². The highest BCUT2D eigenvalue weighted by atomic mass is 31.2. The topological polar surface area (TPSA) is 541 Å². The molecule has 0 amide bonds. The van der Waals surface area contributed by atoms with Gasteiger partial charge < -0.3 is 95.9 Å². The molecular weight excluding hydrogens is 949 g/mol. The molecule has 0 aromatic rings. The van der Waals surface area contributed by atoms with Gasteiger partial charge in [0, 0.05) is 6.42 Å². The van der Waals surface area contributed by atoms with E-state index >= 15 is 0 Å². The van der Waals surface area contributed by atoms with E-state index in [0.717, 1.165) is 38.5 Å². The van der Waals surface area contributed by atoms with E-state index in [1.54, 1.807) is 0 Å². The smallest absolute Gasteiger partial charge is 0.356 e. The molecule has 0 heterocycles. The van der Waals surface area contributed by atoms with Gasteiger partial charge in [0.15, 0.2) is 0 Å². The molecule has 0 aromatic heterocycles. The van der Waals surface area contributed by atoms with Crippen LogP contribution in [0.4, 0.5) is 0 Å². The lowest BCUT2D eigenvalue weighted by Gasteiger charge is -2.29. The van der Waals surface area contributed by atoms with Gasteiger partial charge in [-0.2, -0.15) is 0 Å². The Hall–Kier alpha value is -3.76. The number of unbranched alkanes of at least 4 members (excludes halogenated alkanes) is 14. The third-order valence-electron chi connectivity index (χ3n) is 10.6. The third kappa shape index (κ3) is 43.1. The number of hydrogen-bond acceptors (Lipinski definition) is 18. The highest BCUT2D eigenvalue weighted by molar-refractivity contribution is 7.54. The minimum absolute atomic E-state index is 0.0632. The Balaban J connectivity index is -0.000000338. The largest absolute Gasteiger partial charge is 0.481 e. The summed E-state index contributed by atoms with van der Waals surface area (Å²) in [6.45, 7) is 4.99. The van der Waals surface area contributed by atoms with E-state index in [-0.39, 0.29) is 19.3 Å². The first-order valence-electron chi connectivity index (χ1n) is 23.5. The van der Waals surface area contributed by atoms with Crippen LogP contribution in [0, 0.1) is 5.92 Å². The van der Waals surface area contributed by atoms with Crippen LogP contribution in [0.2, 0.25) is 0 Å². The molecule has 26 nitrogen and oxygen atoms in total. The molecule has 27 heteroatoms. The predicted octanol–water partition coefficient (Wildman–Crippen LogP) is 0.409. The van der Waals surface area contributed by atoms with Crippen molar-refractivity contribution >= 4 is 49.2 Å². The molecule has 0 aliphatic carbocycles. The lowest BCUT2D eigenvalue weighted by molar-refractivity contribution is -0.142. The average molecular weight is 1040 g/mol. The van der Waals surface area contributed by atoms with Crippen molar-refractivity contribution in [1.29, 1.82) is 0 Å². The first-order chi connectivity index (χ1) is 32.3. The van der Waals surface area contributed by atoms with E-state index in [4.69, 9.17) is 81.0 Å². The normalized spacial score (nSPS) is 15.2. The Morgan fingerprint density at radius 3 is 1.16 bits per heavy atom. The standard InChI is InChI=1S/C26H51N2O8P.C6H14N2O2.2C4H9NO3.C3H7NO3/c1-2-3-4-5-6-7-8-9-10-11-12-13-14-15-16-21(24(27)22(29)17-18-23(30)31)19-20-26(28,25(32)33)37(34,35)36;7-4-2-1-3-5(8)6(9)10;2*1-2(6)3(5)4(7)8;4-2(1-5)3(6)7/h21,24H,2-20,27-28H2,1H3,(H,30,31)(H,32,33)(H2,34,35,36);5H,1-4,7-8H2,(H,9,10);2*2-3,6H,5H2,1H3,(H,7,8);2,5H,1,4H2,(H,6,7)/t21?,24?,26-;5-;2*2-,3+;2-/m10110/s1. The van der Waals surface area contributed by atoms with Crippen molar-refractivity contribution in [2.75, 3.05) is 13.2 Å². The summed E-state index contributed by atoms with van der Waals surface area (Å²) in [6, 6.07) is -5.20. The quantitative estimate of drug-likeness (QED) is 0.0298. The molecule has 25 N–H and O–H groups in total. The van der Waals surface area contributed by atoms with E-state index in [1.165, 1.54) is 78.1 Å². The van der Waals surface area contributed by atoms with E-state index in [0.29, 0.717) is 19.4 Å². The maximum absolute atomic E-state index is 12.4. The summed E-state index contributed by atoms with van der Waals surface area (Å²) < 4.78 is 11.7. The molecule has 70 heavy (non-hydrogen) atoms. The van der Waals surface area contributed by atoms with Gasteiger partial charge in [0.1, 0.15) is 30.0 Å². The number of Topliss-reactive ketones (excluding diaryl/α,β-unsaturated/α-hetero) is 1. The highest BCUT2D eigenvalue weighted by Gasteiger charge is 2.50. The summed E-state index contributed by atoms with van der Waals surface area (Å²) in [4.78, 5) is 93.1. The first kappa shape index (κ1) is 75.2. The molecule has 416 valence electrons.